The number of thioether (sulfide) groups is 1. The van der Waals surface area contributed by atoms with Crippen LogP contribution < -0.4 is 16.8 Å². The molecule has 5 N–H and O–H groups in total. The van der Waals surface area contributed by atoms with Gasteiger partial charge in [-0.15, -0.1) is 11.8 Å². The fraction of sp³-hybridized carbons (Fsp3) is 0.222. The summed E-state index contributed by atoms with van der Waals surface area (Å²) in [7, 11) is 0. The number of nitrogens with one attached hydrogen (secondary N) is 1. The van der Waals surface area contributed by atoms with Crippen molar-refractivity contribution in [2.24, 2.45) is 5.73 Å². The molecular formula is C9H12N4O2S. The van der Waals surface area contributed by atoms with Crippen LogP contribution in [0, 0.1) is 0 Å². The summed E-state index contributed by atoms with van der Waals surface area (Å²) in [6.07, 6.45) is 3.08. The van der Waals surface area contributed by atoms with Crippen LogP contribution in [0.3, 0.4) is 0 Å². The average Bonchev–Trinajstić information content (AvgIpc) is 2.20. The molecule has 0 aliphatic heterocycles. The lowest BCUT2D eigenvalue weighted by Crippen LogP contribution is -2.39. The maximum atomic E-state index is 11.4. The van der Waals surface area contributed by atoms with Gasteiger partial charge in [0.2, 0.25) is 5.91 Å². The van der Waals surface area contributed by atoms with E-state index >= 15 is 0 Å². The Kier molecular flexibility index (Phi) is 4.12. The lowest BCUT2D eigenvalue weighted by Gasteiger charge is -2.10. The van der Waals surface area contributed by atoms with Crippen LogP contribution in [0.25, 0.3) is 0 Å². The largest absolute Gasteiger partial charge is 0.397 e. The predicted octanol–water partition coefficient (Wildman–Crippen LogP) is 0.339. The lowest BCUT2D eigenvalue weighted by atomic mass is 10.4. The Hall–Kier alpha value is -1.76. The van der Waals surface area contributed by atoms with Gasteiger partial charge >= 0.3 is 6.03 Å². The second-order valence-electron chi connectivity index (χ2n) is 3.03. The van der Waals surface area contributed by atoms with Gasteiger partial charge in [-0.25, -0.2) is 4.79 Å². The molecule has 0 aliphatic rings. The normalized spacial score (nSPS) is 11.8. The zero-order chi connectivity index (χ0) is 12.1. The van der Waals surface area contributed by atoms with Gasteiger partial charge in [0, 0.05) is 11.1 Å². The van der Waals surface area contributed by atoms with Gasteiger partial charge in [-0.3, -0.25) is 15.1 Å². The third-order valence-corrected chi connectivity index (χ3v) is 2.92. The van der Waals surface area contributed by atoms with E-state index in [-0.39, 0.29) is 0 Å². The number of pyridine rings is 1. The second kappa shape index (κ2) is 5.36. The number of hydrogen-bond acceptors (Lipinski definition) is 5. The van der Waals surface area contributed by atoms with E-state index in [9.17, 15) is 9.59 Å². The SMILES string of the molecule is CC(Sc1ccncc1N)C(=O)NC(N)=O. The topological polar surface area (TPSA) is 111 Å². The van der Waals surface area contributed by atoms with Crippen LogP contribution in [-0.2, 0) is 4.79 Å². The van der Waals surface area contributed by atoms with Gasteiger partial charge in [-0.1, -0.05) is 0 Å². The second-order valence-corrected chi connectivity index (χ2v) is 4.41. The number of amides is 3. The lowest BCUT2D eigenvalue weighted by molar-refractivity contribution is -0.119. The van der Waals surface area contributed by atoms with Crippen LogP contribution in [-0.4, -0.2) is 22.2 Å². The summed E-state index contributed by atoms with van der Waals surface area (Å²) in [6, 6.07) is 0.841. The van der Waals surface area contributed by atoms with Crippen molar-refractivity contribution < 1.29 is 9.59 Å². The summed E-state index contributed by atoms with van der Waals surface area (Å²) in [5.41, 5.74) is 11.0. The minimum Gasteiger partial charge on any atom is -0.397 e. The minimum atomic E-state index is -0.861. The molecule has 0 bridgehead atoms. The van der Waals surface area contributed by atoms with Gasteiger partial charge in [0.05, 0.1) is 17.1 Å². The number of nitrogens with two attached hydrogens (primary N) is 2. The summed E-state index contributed by atoms with van der Waals surface area (Å²) in [6.45, 7) is 1.66. The van der Waals surface area contributed by atoms with E-state index in [1.54, 1.807) is 19.2 Å². The first kappa shape index (κ1) is 12.3. The summed E-state index contributed by atoms with van der Waals surface area (Å²) >= 11 is 1.24. The van der Waals surface area contributed by atoms with Crippen LogP contribution in [0.2, 0.25) is 0 Å². The van der Waals surface area contributed by atoms with Crippen molar-refractivity contribution in [3.63, 3.8) is 0 Å². The number of primary amides is 1. The molecule has 0 fully saturated rings. The van der Waals surface area contributed by atoms with Crippen LogP contribution in [0.1, 0.15) is 6.92 Å². The number of aromatic nitrogens is 1. The molecule has 0 radical (unpaired) electrons. The number of nitrogen functional groups attached to an aromatic ring is 1. The monoisotopic (exact) mass is 240 g/mol. The van der Waals surface area contributed by atoms with E-state index in [2.05, 4.69) is 4.98 Å². The fourth-order valence-corrected chi connectivity index (χ4v) is 1.84. The third kappa shape index (κ3) is 3.43. The molecule has 1 aromatic rings. The zero-order valence-electron chi connectivity index (χ0n) is 8.64. The Morgan fingerprint density at radius 1 is 1.56 bits per heavy atom. The number of imide groups is 1. The summed E-state index contributed by atoms with van der Waals surface area (Å²) in [5, 5.41) is 1.54. The highest BCUT2D eigenvalue weighted by molar-refractivity contribution is 8.00. The van der Waals surface area contributed by atoms with Crippen LogP contribution in [0.4, 0.5) is 10.5 Å². The predicted molar refractivity (Wildman–Crippen MR) is 61.7 cm³/mol. The molecule has 0 aromatic carbocycles. The highest BCUT2D eigenvalue weighted by Gasteiger charge is 2.16. The first-order chi connectivity index (χ1) is 7.50. The summed E-state index contributed by atoms with van der Waals surface area (Å²) < 4.78 is 0. The van der Waals surface area contributed by atoms with E-state index in [0.29, 0.717) is 5.69 Å². The van der Waals surface area contributed by atoms with Crippen molar-refractivity contribution in [3.8, 4) is 0 Å². The smallest absolute Gasteiger partial charge is 0.318 e. The maximum absolute atomic E-state index is 11.4. The van der Waals surface area contributed by atoms with Gasteiger partial charge in [-0.05, 0) is 13.0 Å². The number of nitrogens with zero attached hydrogens (tertiary/aromatic N) is 1. The molecule has 1 atom stereocenters. The Labute approximate surface area is 96.8 Å². The molecule has 7 heteroatoms. The van der Waals surface area contributed by atoms with Crippen molar-refractivity contribution in [2.45, 2.75) is 17.1 Å². The number of urea groups is 1. The van der Waals surface area contributed by atoms with Gasteiger partial charge in [0.15, 0.2) is 0 Å². The van der Waals surface area contributed by atoms with Crippen molar-refractivity contribution in [2.75, 3.05) is 5.73 Å². The van der Waals surface area contributed by atoms with Crippen LogP contribution in [0.15, 0.2) is 23.4 Å². The molecule has 3 amide bonds. The molecule has 16 heavy (non-hydrogen) atoms. The molecule has 86 valence electrons. The van der Waals surface area contributed by atoms with E-state index < -0.39 is 17.2 Å². The van der Waals surface area contributed by atoms with Crippen LogP contribution in [0.5, 0.6) is 0 Å². The van der Waals surface area contributed by atoms with Crippen molar-refractivity contribution >= 4 is 29.4 Å². The fourth-order valence-electron chi connectivity index (χ4n) is 0.968. The van der Waals surface area contributed by atoms with E-state index in [1.165, 1.54) is 18.0 Å². The first-order valence-corrected chi connectivity index (χ1v) is 5.35. The van der Waals surface area contributed by atoms with Crippen molar-refractivity contribution in [1.82, 2.24) is 10.3 Å². The molecular weight excluding hydrogens is 228 g/mol. The number of rotatable bonds is 3. The van der Waals surface area contributed by atoms with Crippen molar-refractivity contribution in [1.29, 1.82) is 0 Å². The average molecular weight is 240 g/mol. The van der Waals surface area contributed by atoms with Gasteiger partial charge in [0.1, 0.15) is 0 Å². The van der Waals surface area contributed by atoms with E-state index in [0.717, 1.165) is 4.90 Å². The first-order valence-electron chi connectivity index (χ1n) is 4.47. The third-order valence-electron chi connectivity index (χ3n) is 1.73. The van der Waals surface area contributed by atoms with Crippen molar-refractivity contribution in [3.05, 3.63) is 18.5 Å². The van der Waals surface area contributed by atoms with Crippen LogP contribution >= 0.6 is 11.8 Å². The molecule has 1 heterocycles. The molecule has 1 rings (SSSR count). The quantitative estimate of drug-likeness (QED) is 0.660. The maximum Gasteiger partial charge on any atom is 0.318 e. The van der Waals surface area contributed by atoms with Gasteiger partial charge in [-0.2, -0.15) is 0 Å². The Bertz CT molecular complexity index is 410. The van der Waals surface area contributed by atoms with Gasteiger partial charge < -0.3 is 11.5 Å². The zero-order valence-corrected chi connectivity index (χ0v) is 9.45. The molecule has 6 nitrogen and oxygen atoms in total. The number of anilines is 1. The molecule has 0 saturated carbocycles. The van der Waals surface area contributed by atoms with Gasteiger partial charge in [0.25, 0.3) is 0 Å². The number of carbonyl (C=O) groups excluding carboxylic acids is 2. The molecule has 1 aromatic heterocycles. The number of hydrogen-bond donors (Lipinski definition) is 3. The summed E-state index contributed by atoms with van der Waals surface area (Å²) in [4.78, 5) is 26.4. The molecule has 1 unspecified atom stereocenters. The Morgan fingerprint density at radius 3 is 2.81 bits per heavy atom. The Morgan fingerprint density at radius 2 is 2.25 bits per heavy atom. The minimum absolute atomic E-state index is 0.450. The molecule has 0 saturated heterocycles. The highest BCUT2D eigenvalue weighted by atomic mass is 32.2. The van der Waals surface area contributed by atoms with E-state index in [4.69, 9.17) is 11.5 Å². The molecule has 0 aliphatic carbocycles. The standard InChI is InChI=1S/C9H12N4O2S/c1-5(8(14)13-9(11)15)16-7-2-3-12-4-6(7)10/h2-5H,10H2,1H3,(H3,11,13,14,15). The number of carbonyl (C=O) groups is 2. The highest BCUT2D eigenvalue weighted by Crippen LogP contribution is 2.27. The summed E-state index contributed by atoms with van der Waals surface area (Å²) in [5.74, 6) is -0.450. The van der Waals surface area contributed by atoms with E-state index in [1.807, 2.05) is 5.32 Å². The molecule has 0 spiro atoms. The Balaban J connectivity index is 2.64.